The quantitative estimate of drug-likeness (QED) is 0.168. The second-order valence-electron chi connectivity index (χ2n) is 3.04. The smallest absolute Gasteiger partial charge is 0.402 e. The van der Waals surface area contributed by atoms with Crippen molar-refractivity contribution in [1.82, 2.24) is 5.32 Å². The highest BCUT2D eigenvalue weighted by atomic mass is 16.6. The van der Waals surface area contributed by atoms with E-state index in [0.717, 1.165) is 19.4 Å². The second-order valence-corrected chi connectivity index (χ2v) is 3.04. The highest BCUT2D eigenvalue weighted by molar-refractivity contribution is 6.32. The van der Waals surface area contributed by atoms with Crippen molar-refractivity contribution in [1.29, 1.82) is 0 Å². The van der Waals surface area contributed by atoms with Crippen molar-refractivity contribution < 1.29 is 14.7 Å². The topological polar surface area (TPSA) is 114 Å². The normalized spacial score (nSPS) is 12.9. The molecule has 6 nitrogen and oxygen atoms in total. The number of unbranched alkanes of at least 4 members (excludes halogenated alkanes) is 1. The molecule has 0 aromatic carbocycles. The van der Waals surface area contributed by atoms with Gasteiger partial charge in [0.2, 0.25) is 0 Å². The predicted molar refractivity (Wildman–Crippen MR) is 55.0 cm³/mol. The van der Waals surface area contributed by atoms with Crippen LogP contribution in [0.3, 0.4) is 0 Å². The molecule has 0 fully saturated rings. The molecule has 0 aliphatic rings. The molecule has 0 aromatic heterocycles. The van der Waals surface area contributed by atoms with Crippen molar-refractivity contribution in [2.24, 2.45) is 11.5 Å². The van der Waals surface area contributed by atoms with Gasteiger partial charge in [0, 0.05) is 0 Å². The Kier molecular flexibility index (Phi) is 9.27. The zero-order valence-corrected chi connectivity index (χ0v) is 8.35. The predicted octanol–water partition coefficient (Wildman–Crippen LogP) is -2.02. The van der Waals surface area contributed by atoms with Gasteiger partial charge in [-0.25, -0.2) is 0 Å². The average Bonchev–Trinajstić information content (AvgIpc) is 2.10. The van der Waals surface area contributed by atoms with Gasteiger partial charge in [0.1, 0.15) is 0 Å². The van der Waals surface area contributed by atoms with E-state index >= 15 is 0 Å². The minimum absolute atomic E-state index is 0.542. The van der Waals surface area contributed by atoms with E-state index in [1.165, 1.54) is 0 Å². The molecular formula is C7H20BN3O3. The summed E-state index contributed by atoms with van der Waals surface area (Å²) in [5.41, 5.74) is 10.7. The first kappa shape index (κ1) is 13.8. The summed E-state index contributed by atoms with van der Waals surface area (Å²) in [6, 6.07) is 0. The zero-order chi connectivity index (χ0) is 10.8. The molecule has 0 aromatic rings. The first-order valence-corrected chi connectivity index (χ1v) is 4.84. The van der Waals surface area contributed by atoms with E-state index < -0.39 is 13.5 Å². The Labute approximate surface area is 84.8 Å². The van der Waals surface area contributed by atoms with Crippen LogP contribution in [-0.2, 0) is 4.65 Å². The van der Waals surface area contributed by atoms with Gasteiger partial charge in [0.25, 0.3) is 0 Å². The maximum absolute atomic E-state index is 8.41. The van der Waals surface area contributed by atoms with E-state index in [4.69, 9.17) is 21.5 Å². The molecule has 0 aliphatic carbocycles. The second kappa shape index (κ2) is 9.38. The molecule has 0 saturated carbocycles. The lowest BCUT2D eigenvalue weighted by atomic mass is 10.2. The molecule has 0 radical (unpaired) electrons. The van der Waals surface area contributed by atoms with E-state index in [9.17, 15) is 0 Å². The zero-order valence-electron chi connectivity index (χ0n) is 8.35. The summed E-state index contributed by atoms with van der Waals surface area (Å²) in [6.45, 7) is 2.30. The molecule has 1 unspecified atom stereocenters. The summed E-state index contributed by atoms with van der Waals surface area (Å²) in [5.74, 6) is 0. The van der Waals surface area contributed by atoms with Crippen LogP contribution in [0, 0.1) is 0 Å². The molecule has 0 aliphatic heterocycles. The maximum Gasteiger partial charge on any atom is 0.635 e. The van der Waals surface area contributed by atoms with Gasteiger partial charge in [-0.05, 0) is 38.9 Å². The van der Waals surface area contributed by atoms with Crippen LogP contribution in [-0.4, -0.2) is 43.2 Å². The Balaban J connectivity index is 3.10. The third kappa shape index (κ3) is 9.91. The highest BCUT2D eigenvalue weighted by Crippen LogP contribution is 1.90. The number of nitrogens with two attached hydrogens (primary N) is 2. The third-order valence-corrected chi connectivity index (χ3v) is 1.71. The Morgan fingerprint density at radius 2 is 2.00 bits per heavy atom. The summed E-state index contributed by atoms with van der Waals surface area (Å²) < 4.78 is 4.51. The van der Waals surface area contributed by atoms with Gasteiger partial charge >= 0.3 is 7.32 Å². The van der Waals surface area contributed by atoms with Crippen LogP contribution < -0.4 is 16.8 Å². The van der Waals surface area contributed by atoms with Crippen LogP contribution in [0.1, 0.15) is 19.3 Å². The largest absolute Gasteiger partial charge is 0.635 e. The van der Waals surface area contributed by atoms with Crippen molar-refractivity contribution in [2.45, 2.75) is 25.5 Å². The average molecular weight is 205 g/mol. The number of nitrogens with one attached hydrogen (secondary N) is 1. The molecule has 7 N–H and O–H groups in total. The van der Waals surface area contributed by atoms with Crippen LogP contribution in [0.25, 0.3) is 0 Å². The molecule has 14 heavy (non-hydrogen) atoms. The molecule has 0 heterocycles. The third-order valence-electron chi connectivity index (χ3n) is 1.71. The summed E-state index contributed by atoms with van der Waals surface area (Å²) >= 11 is 0. The van der Waals surface area contributed by atoms with Crippen LogP contribution in [0.15, 0.2) is 0 Å². The molecule has 0 bridgehead atoms. The SMILES string of the molecule is NCCCCNCCC(N)OB(O)O. The number of rotatable bonds is 9. The summed E-state index contributed by atoms with van der Waals surface area (Å²) in [6.07, 6.45) is 1.94. The van der Waals surface area contributed by atoms with Gasteiger partial charge in [-0.2, -0.15) is 0 Å². The summed E-state index contributed by atoms with van der Waals surface area (Å²) in [5, 5.41) is 20.0. The number of hydrogen-bond acceptors (Lipinski definition) is 6. The lowest BCUT2D eigenvalue weighted by molar-refractivity contribution is 0.116. The van der Waals surface area contributed by atoms with Crippen LogP contribution in [0.5, 0.6) is 0 Å². The monoisotopic (exact) mass is 205 g/mol. The lowest BCUT2D eigenvalue weighted by Crippen LogP contribution is -2.35. The fourth-order valence-corrected chi connectivity index (χ4v) is 0.988. The van der Waals surface area contributed by atoms with E-state index in [1.54, 1.807) is 0 Å². The molecule has 1 atom stereocenters. The first-order chi connectivity index (χ1) is 6.66. The Morgan fingerprint density at radius 3 is 2.57 bits per heavy atom. The van der Waals surface area contributed by atoms with Crippen molar-refractivity contribution in [3.05, 3.63) is 0 Å². The lowest BCUT2D eigenvalue weighted by Gasteiger charge is -2.12. The van der Waals surface area contributed by atoms with Crippen LogP contribution in [0.4, 0.5) is 0 Å². The molecule has 0 spiro atoms. The van der Waals surface area contributed by atoms with Crippen LogP contribution >= 0.6 is 0 Å². The van der Waals surface area contributed by atoms with Gasteiger partial charge in [0.05, 0.1) is 6.23 Å². The first-order valence-electron chi connectivity index (χ1n) is 4.84. The Bertz CT molecular complexity index is 129. The molecule has 7 heteroatoms. The summed E-state index contributed by atoms with van der Waals surface area (Å²) in [7, 11) is -1.79. The van der Waals surface area contributed by atoms with E-state index in [0.29, 0.717) is 19.5 Å². The Hall–Kier alpha value is -0.175. The Morgan fingerprint density at radius 1 is 1.29 bits per heavy atom. The maximum atomic E-state index is 8.41. The van der Waals surface area contributed by atoms with Gasteiger partial charge in [-0.15, -0.1) is 0 Å². The van der Waals surface area contributed by atoms with Gasteiger partial charge < -0.3 is 31.5 Å². The van der Waals surface area contributed by atoms with Crippen molar-refractivity contribution in [3.63, 3.8) is 0 Å². The standard InChI is InChI=1S/C7H20BN3O3/c9-4-1-2-5-11-6-3-7(10)14-8(12)13/h7,11-13H,1-6,9-10H2. The van der Waals surface area contributed by atoms with Gasteiger partial charge in [-0.1, -0.05) is 0 Å². The highest BCUT2D eigenvalue weighted by Gasteiger charge is 2.13. The van der Waals surface area contributed by atoms with Crippen molar-refractivity contribution in [3.8, 4) is 0 Å². The molecule has 0 rings (SSSR count). The van der Waals surface area contributed by atoms with Gasteiger partial charge in [-0.3, -0.25) is 0 Å². The van der Waals surface area contributed by atoms with E-state index in [-0.39, 0.29) is 0 Å². The van der Waals surface area contributed by atoms with Crippen molar-refractivity contribution in [2.75, 3.05) is 19.6 Å². The molecule has 84 valence electrons. The molecule has 0 saturated heterocycles. The van der Waals surface area contributed by atoms with Crippen LogP contribution in [0.2, 0.25) is 0 Å². The minimum atomic E-state index is -1.79. The van der Waals surface area contributed by atoms with E-state index in [2.05, 4.69) is 9.97 Å². The fourth-order valence-electron chi connectivity index (χ4n) is 0.988. The van der Waals surface area contributed by atoms with E-state index in [1.807, 2.05) is 0 Å². The molecular weight excluding hydrogens is 185 g/mol. The molecule has 0 amide bonds. The van der Waals surface area contributed by atoms with Gasteiger partial charge in [0.15, 0.2) is 0 Å². The van der Waals surface area contributed by atoms with Crippen molar-refractivity contribution >= 4 is 7.32 Å². The fraction of sp³-hybridized carbons (Fsp3) is 1.00. The summed E-state index contributed by atoms with van der Waals surface area (Å²) in [4.78, 5) is 0. The minimum Gasteiger partial charge on any atom is -0.402 e. The number of hydrogen-bond donors (Lipinski definition) is 5.